The Morgan fingerprint density at radius 2 is 1.85 bits per heavy atom. The second-order valence-electron chi connectivity index (χ2n) is 8.95. The maximum Gasteiger partial charge on any atom is 0.573 e. The smallest absolute Gasteiger partial charge is 0.478 e. The number of Topliss-reactive ketones (excluding diaryl/α,β-unsaturated/α-hetero) is 1. The monoisotopic (exact) mass is 553 g/mol. The van der Waals surface area contributed by atoms with Crippen LogP contribution in [0.25, 0.3) is 0 Å². The quantitative estimate of drug-likeness (QED) is 0.273. The highest BCUT2D eigenvalue weighted by Gasteiger charge is 2.38. The van der Waals surface area contributed by atoms with Gasteiger partial charge < -0.3 is 25.4 Å². The fourth-order valence-electron chi connectivity index (χ4n) is 4.12. The molecule has 208 valence electrons. The summed E-state index contributed by atoms with van der Waals surface area (Å²) in [7, 11) is 0. The van der Waals surface area contributed by atoms with Crippen molar-refractivity contribution in [1.29, 1.82) is 0 Å². The number of ether oxygens (including phenoxy) is 1. The fraction of sp³-hybridized carbons (Fsp3) is 0.320. The number of carbonyl (C=O) groups is 4. The number of hydrogen-bond acceptors (Lipinski definition) is 6. The second kappa shape index (κ2) is 11.5. The summed E-state index contributed by atoms with van der Waals surface area (Å²) in [4.78, 5) is 50.4. The lowest BCUT2D eigenvalue weighted by atomic mass is 10.0. The Bertz CT molecular complexity index is 1330. The number of hydrogen-bond donors (Lipinski definition) is 4. The van der Waals surface area contributed by atoms with Gasteiger partial charge in [0.15, 0.2) is 11.6 Å². The number of carboxylic acid groups (broad SMARTS) is 1. The molecule has 2 aromatic rings. The Labute approximate surface area is 219 Å². The Hall–Kier alpha value is -4.49. The van der Waals surface area contributed by atoms with E-state index in [0.29, 0.717) is 0 Å². The van der Waals surface area contributed by atoms with Crippen molar-refractivity contribution in [3.8, 4) is 5.75 Å². The molecule has 0 saturated carbocycles. The zero-order valence-electron chi connectivity index (χ0n) is 20.8. The van der Waals surface area contributed by atoms with Crippen LogP contribution in [0.4, 0.5) is 28.9 Å². The van der Waals surface area contributed by atoms with Gasteiger partial charge in [-0.15, -0.1) is 13.2 Å². The molecule has 0 spiro atoms. The standard InChI is InChI=1S/C25H24F4N4O6/c1-12-8-18(23(36)32-16-4-3-5-19(21(16)26)39-25(27,28)29)33(11-12)20(35)10-31-17-9-14(24(37)38)6-7-15(17)22(30)13(2)34/h3-7,9,12,18,30-31H,8,10-11H2,1-2H3,(H,32,36)(H,37,38)/p+1/t12-,18-/m0/s1. The number of amides is 2. The van der Waals surface area contributed by atoms with Crippen molar-refractivity contribution < 1.29 is 52.0 Å². The molecular formula is C25H25F4N4O6+. The van der Waals surface area contributed by atoms with Crippen LogP contribution in [0.2, 0.25) is 0 Å². The fourth-order valence-corrected chi connectivity index (χ4v) is 4.12. The minimum atomic E-state index is -5.14. The Morgan fingerprint density at radius 3 is 2.46 bits per heavy atom. The third kappa shape index (κ3) is 7.09. The predicted octanol–water partition coefficient (Wildman–Crippen LogP) is 1.85. The van der Waals surface area contributed by atoms with Crippen LogP contribution in [0, 0.1) is 11.7 Å². The summed E-state index contributed by atoms with van der Waals surface area (Å²) in [6.07, 6.45) is -4.94. The number of alkyl halides is 3. The lowest BCUT2D eigenvalue weighted by Gasteiger charge is -2.25. The molecule has 1 aliphatic heterocycles. The molecular weight excluding hydrogens is 528 g/mol. The molecule has 3 rings (SSSR count). The molecule has 1 saturated heterocycles. The van der Waals surface area contributed by atoms with Gasteiger partial charge in [0.2, 0.25) is 23.3 Å². The number of nitrogens with zero attached hydrogens (tertiary/aromatic N) is 1. The van der Waals surface area contributed by atoms with E-state index in [9.17, 15) is 41.8 Å². The first-order valence-corrected chi connectivity index (χ1v) is 11.6. The topological polar surface area (TPSA) is 151 Å². The molecule has 14 heteroatoms. The van der Waals surface area contributed by atoms with Crippen molar-refractivity contribution in [3.05, 3.63) is 53.3 Å². The number of anilines is 2. The van der Waals surface area contributed by atoms with E-state index in [0.717, 1.165) is 18.2 Å². The van der Waals surface area contributed by atoms with Crippen LogP contribution < -0.4 is 20.8 Å². The molecule has 2 atom stereocenters. The predicted molar refractivity (Wildman–Crippen MR) is 130 cm³/mol. The molecule has 1 aliphatic rings. The second-order valence-corrected chi connectivity index (χ2v) is 8.95. The SMILES string of the molecule is CC(=O)C(=[NH2+])c1ccc(C(=O)O)cc1NCC(=O)N1C[C@@H](C)C[C@H]1C(=O)Nc1cccc(OC(F)(F)F)c1F. The highest BCUT2D eigenvalue weighted by molar-refractivity contribution is 6.44. The number of halogens is 4. The number of ketones is 1. The Morgan fingerprint density at radius 1 is 1.15 bits per heavy atom. The summed E-state index contributed by atoms with van der Waals surface area (Å²) in [6, 6.07) is 5.58. The van der Waals surface area contributed by atoms with E-state index < -0.39 is 59.8 Å². The normalized spacial score (nSPS) is 16.9. The van der Waals surface area contributed by atoms with Crippen molar-refractivity contribution in [2.75, 3.05) is 23.7 Å². The zero-order chi connectivity index (χ0) is 29.1. The minimum Gasteiger partial charge on any atom is -0.478 e. The molecule has 1 fully saturated rings. The van der Waals surface area contributed by atoms with Gasteiger partial charge in [-0.1, -0.05) is 13.0 Å². The lowest BCUT2D eigenvalue weighted by Crippen LogP contribution is -2.46. The molecule has 0 unspecified atom stereocenters. The average Bonchev–Trinajstić information content (AvgIpc) is 3.25. The van der Waals surface area contributed by atoms with Crippen molar-refractivity contribution >= 4 is 40.7 Å². The van der Waals surface area contributed by atoms with Crippen molar-refractivity contribution in [1.82, 2.24) is 4.90 Å². The minimum absolute atomic E-state index is 0.104. The zero-order valence-corrected chi connectivity index (χ0v) is 20.8. The molecule has 2 aromatic carbocycles. The molecule has 10 nitrogen and oxygen atoms in total. The van der Waals surface area contributed by atoms with E-state index >= 15 is 0 Å². The van der Waals surface area contributed by atoms with Crippen molar-refractivity contribution in [2.24, 2.45) is 5.92 Å². The van der Waals surface area contributed by atoms with Gasteiger partial charge in [0, 0.05) is 19.2 Å². The van der Waals surface area contributed by atoms with E-state index in [-0.39, 0.29) is 41.4 Å². The van der Waals surface area contributed by atoms with E-state index in [1.807, 2.05) is 0 Å². The van der Waals surface area contributed by atoms with Gasteiger partial charge in [-0.2, -0.15) is 0 Å². The first-order valence-electron chi connectivity index (χ1n) is 11.6. The number of nitrogens with one attached hydrogen (secondary N) is 2. The summed E-state index contributed by atoms with van der Waals surface area (Å²) < 4.78 is 55.7. The number of nitrogens with two attached hydrogens (primary N) is 1. The van der Waals surface area contributed by atoms with Gasteiger partial charge in [-0.05, 0) is 42.7 Å². The molecule has 5 N–H and O–H groups in total. The molecule has 0 bridgehead atoms. The van der Waals surface area contributed by atoms with E-state index in [4.69, 9.17) is 5.41 Å². The van der Waals surface area contributed by atoms with Crippen LogP contribution in [0.5, 0.6) is 5.75 Å². The van der Waals surface area contributed by atoms with Crippen molar-refractivity contribution in [2.45, 2.75) is 32.7 Å². The maximum absolute atomic E-state index is 14.5. The van der Waals surface area contributed by atoms with Crippen LogP contribution in [0.3, 0.4) is 0 Å². The first-order chi connectivity index (χ1) is 18.2. The lowest BCUT2D eigenvalue weighted by molar-refractivity contribution is -0.275. The number of benzene rings is 2. The molecule has 0 radical (unpaired) electrons. The average molecular weight is 553 g/mol. The largest absolute Gasteiger partial charge is 0.573 e. The number of likely N-dealkylation sites (tertiary alicyclic amines) is 1. The van der Waals surface area contributed by atoms with E-state index in [1.165, 1.54) is 30.0 Å². The Balaban J connectivity index is 1.77. The van der Waals surface area contributed by atoms with Gasteiger partial charge >= 0.3 is 12.3 Å². The van der Waals surface area contributed by atoms with E-state index in [1.54, 1.807) is 6.92 Å². The van der Waals surface area contributed by atoms with Crippen molar-refractivity contribution in [3.63, 3.8) is 0 Å². The molecule has 39 heavy (non-hydrogen) atoms. The summed E-state index contributed by atoms with van der Waals surface area (Å²) in [6.45, 7) is 2.73. The van der Waals surface area contributed by atoms with Gasteiger partial charge in [0.1, 0.15) is 6.04 Å². The first kappa shape index (κ1) is 29.1. The van der Waals surface area contributed by atoms with Crippen LogP contribution in [0.15, 0.2) is 36.4 Å². The Kier molecular flexibility index (Phi) is 8.57. The molecule has 2 amide bonds. The number of aromatic carboxylic acids is 1. The summed E-state index contributed by atoms with van der Waals surface area (Å²) >= 11 is 0. The molecule has 0 aliphatic carbocycles. The number of rotatable bonds is 9. The molecule has 1 heterocycles. The van der Waals surface area contributed by atoms with Crippen LogP contribution in [0.1, 0.15) is 36.2 Å². The van der Waals surface area contributed by atoms with Gasteiger partial charge in [-0.25, -0.2) is 9.18 Å². The van der Waals surface area contributed by atoms with Crippen LogP contribution in [-0.4, -0.2) is 64.8 Å². The maximum atomic E-state index is 14.5. The third-order valence-electron chi connectivity index (χ3n) is 5.95. The highest BCUT2D eigenvalue weighted by atomic mass is 19.4. The van der Waals surface area contributed by atoms with Gasteiger partial charge in [-0.3, -0.25) is 19.8 Å². The van der Waals surface area contributed by atoms with Gasteiger partial charge in [0.05, 0.1) is 23.4 Å². The molecule has 0 aromatic heterocycles. The van der Waals surface area contributed by atoms with Crippen LogP contribution >= 0.6 is 0 Å². The van der Waals surface area contributed by atoms with Gasteiger partial charge in [0.25, 0.3) is 0 Å². The van der Waals surface area contributed by atoms with Crippen LogP contribution in [-0.2, 0) is 14.4 Å². The third-order valence-corrected chi connectivity index (χ3v) is 5.95. The summed E-state index contributed by atoms with van der Waals surface area (Å²) in [5.74, 6) is -5.83. The number of carboxylic acids is 1. The summed E-state index contributed by atoms with van der Waals surface area (Å²) in [5, 5.41) is 20.1. The highest BCUT2D eigenvalue weighted by Crippen LogP contribution is 2.31. The van der Waals surface area contributed by atoms with E-state index in [2.05, 4.69) is 15.4 Å². The number of carbonyl (C=O) groups excluding carboxylic acids is 3. The summed E-state index contributed by atoms with van der Waals surface area (Å²) in [5.41, 5.74) is -0.561.